The number of para-hydroxylation sites is 1. The predicted molar refractivity (Wildman–Crippen MR) is 101 cm³/mol. The third-order valence-corrected chi connectivity index (χ3v) is 4.14. The average Bonchev–Trinajstić information content (AvgIpc) is 2.63. The quantitative estimate of drug-likeness (QED) is 0.746. The highest BCUT2D eigenvalue weighted by atomic mass is 19.1. The van der Waals surface area contributed by atoms with Crippen LogP contribution in [0.4, 0.5) is 4.39 Å². The number of benzene rings is 2. The summed E-state index contributed by atoms with van der Waals surface area (Å²) in [6.45, 7) is 3.46. The summed E-state index contributed by atoms with van der Waals surface area (Å²) in [7, 11) is 0. The van der Waals surface area contributed by atoms with Crippen molar-refractivity contribution in [1.82, 2.24) is 14.5 Å². The Hall–Kier alpha value is -3.22. The van der Waals surface area contributed by atoms with Gasteiger partial charge in [0.25, 0.3) is 5.56 Å². The van der Waals surface area contributed by atoms with E-state index in [2.05, 4.69) is 5.32 Å². The van der Waals surface area contributed by atoms with E-state index in [9.17, 15) is 18.8 Å². The number of hydrogen-bond acceptors (Lipinski definition) is 3. The van der Waals surface area contributed by atoms with Crippen LogP contribution in [-0.4, -0.2) is 21.1 Å². The number of nitrogens with one attached hydrogen (secondary N) is 1. The van der Waals surface area contributed by atoms with Crippen molar-refractivity contribution in [2.24, 2.45) is 0 Å². The van der Waals surface area contributed by atoms with Crippen molar-refractivity contribution in [1.29, 1.82) is 0 Å². The molecule has 0 radical (unpaired) electrons. The van der Waals surface area contributed by atoms with E-state index in [1.807, 2.05) is 13.8 Å². The molecule has 0 atom stereocenters. The number of halogens is 1. The van der Waals surface area contributed by atoms with Crippen LogP contribution >= 0.6 is 0 Å². The summed E-state index contributed by atoms with van der Waals surface area (Å²) >= 11 is 0. The molecule has 27 heavy (non-hydrogen) atoms. The van der Waals surface area contributed by atoms with Gasteiger partial charge >= 0.3 is 5.69 Å². The van der Waals surface area contributed by atoms with E-state index < -0.39 is 17.1 Å². The molecule has 0 saturated carbocycles. The van der Waals surface area contributed by atoms with Gasteiger partial charge in [-0.25, -0.2) is 9.18 Å². The summed E-state index contributed by atoms with van der Waals surface area (Å²) < 4.78 is 15.5. The first-order valence-corrected chi connectivity index (χ1v) is 8.63. The number of carbonyl (C=O) groups is 1. The van der Waals surface area contributed by atoms with Crippen LogP contribution in [0, 0.1) is 5.82 Å². The number of aromatic nitrogens is 2. The van der Waals surface area contributed by atoms with Crippen LogP contribution in [0.3, 0.4) is 0 Å². The van der Waals surface area contributed by atoms with Gasteiger partial charge in [0.2, 0.25) is 5.91 Å². The molecule has 1 heterocycles. The highest BCUT2D eigenvalue weighted by Crippen LogP contribution is 2.09. The Labute approximate surface area is 154 Å². The Morgan fingerprint density at radius 1 is 1.04 bits per heavy atom. The molecule has 3 rings (SSSR count). The van der Waals surface area contributed by atoms with Gasteiger partial charge in [-0.05, 0) is 43.7 Å². The maximum absolute atomic E-state index is 13.1. The Morgan fingerprint density at radius 3 is 2.37 bits per heavy atom. The molecule has 0 spiro atoms. The topological polar surface area (TPSA) is 73.1 Å². The smallest absolute Gasteiger partial charge is 0.332 e. The molecule has 140 valence electrons. The van der Waals surface area contributed by atoms with Gasteiger partial charge in [-0.15, -0.1) is 0 Å². The van der Waals surface area contributed by atoms with Crippen molar-refractivity contribution in [3.63, 3.8) is 0 Å². The minimum absolute atomic E-state index is 0.00538. The van der Waals surface area contributed by atoms with E-state index in [4.69, 9.17) is 0 Å². The van der Waals surface area contributed by atoms with Crippen LogP contribution in [0.25, 0.3) is 10.9 Å². The lowest BCUT2D eigenvalue weighted by Crippen LogP contribution is -2.43. The maximum atomic E-state index is 13.1. The summed E-state index contributed by atoms with van der Waals surface area (Å²) in [6.07, 6.45) is 0. The highest BCUT2D eigenvalue weighted by molar-refractivity contribution is 5.81. The summed E-state index contributed by atoms with van der Waals surface area (Å²) in [6, 6.07) is 12.2. The maximum Gasteiger partial charge on any atom is 0.332 e. The number of fused-ring (bicyclic) bond motifs is 1. The van der Waals surface area contributed by atoms with Gasteiger partial charge in [-0.2, -0.15) is 0 Å². The van der Waals surface area contributed by atoms with Crippen molar-refractivity contribution < 1.29 is 9.18 Å². The molecule has 1 aromatic heterocycles. The summed E-state index contributed by atoms with van der Waals surface area (Å²) in [5.74, 6) is -0.711. The van der Waals surface area contributed by atoms with Crippen LogP contribution in [0.1, 0.15) is 19.4 Å². The number of rotatable bonds is 5. The number of amides is 1. The van der Waals surface area contributed by atoms with Gasteiger partial charge < -0.3 is 5.32 Å². The van der Waals surface area contributed by atoms with E-state index in [1.54, 1.807) is 24.3 Å². The Morgan fingerprint density at radius 2 is 1.70 bits per heavy atom. The van der Waals surface area contributed by atoms with Crippen molar-refractivity contribution in [2.45, 2.75) is 33.0 Å². The van der Waals surface area contributed by atoms with Gasteiger partial charge in [0, 0.05) is 6.04 Å². The summed E-state index contributed by atoms with van der Waals surface area (Å²) in [5, 5.41) is 3.09. The van der Waals surface area contributed by atoms with Crippen molar-refractivity contribution in [3.8, 4) is 0 Å². The monoisotopic (exact) mass is 369 g/mol. The van der Waals surface area contributed by atoms with Gasteiger partial charge in [0.05, 0.1) is 17.4 Å². The van der Waals surface area contributed by atoms with E-state index in [0.29, 0.717) is 16.5 Å². The first-order chi connectivity index (χ1) is 12.9. The van der Waals surface area contributed by atoms with Gasteiger partial charge in [0.15, 0.2) is 0 Å². The van der Waals surface area contributed by atoms with E-state index in [0.717, 1.165) is 4.57 Å². The Bertz CT molecular complexity index is 1100. The van der Waals surface area contributed by atoms with E-state index >= 15 is 0 Å². The van der Waals surface area contributed by atoms with Crippen LogP contribution in [-0.2, 0) is 17.9 Å². The first-order valence-electron chi connectivity index (χ1n) is 8.63. The molecule has 7 heteroatoms. The zero-order chi connectivity index (χ0) is 19.6. The lowest BCUT2D eigenvalue weighted by atomic mass is 10.2. The fourth-order valence-corrected chi connectivity index (χ4v) is 2.95. The molecule has 0 aliphatic carbocycles. The van der Waals surface area contributed by atoms with Crippen LogP contribution in [0.15, 0.2) is 58.1 Å². The fraction of sp³-hybridized carbons (Fsp3) is 0.250. The Kier molecular flexibility index (Phi) is 5.21. The number of hydrogen-bond donors (Lipinski definition) is 1. The van der Waals surface area contributed by atoms with E-state index in [-0.39, 0.29) is 25.0 Å². The zero-order valence-corrected chi connectivity index (χ0v) is 15.1. The Balaban J connectivity index is 2.13. The lowest BCUT2D eigenvalue weighted by molar-refractivity contribution is -0.122. The summed E-state index contributed by atoms with van der Waals surface area (Å²) in [5.41, 5.74) is -0.00630. The lowest BCUT2D eigenvalue weighted by Gasteiger charge is -2.15. The molecular formula is C20H20FN3O3. The average molecular weight is 369 g/mol. The molecule has 1 amide bonds. The molecule has 1 N–H and O–H groups in total. The molecule has 3 aromatic rings. The fourth-order valence-electron chi connectivity index (χ4n) is 2.95. The SMILES string of the molecule is CC(C)NC(=O)Cn1c(=O)n(Cc2ccc(F)cc2)c(=O)c2ccccc21. The molecule has 0 bridgehead atoms. The second-order valence-corrected chi connectivity index (χ2v) is 6.63. The van der Waals surface area contributed by atoms with E-state index in [1.165, 1.54) is 28.8 Å². The van der Waals surface area contributed by atoms with Crippen LogP contribution in [0.2, 0.25) is 0 Å². The molecule has 0 fully saturated rings. The molecule has 6 nitrogen and oxygen atoms in total. The third-order valence-electron chi connectivity index (χ3n) is 4.14. The minimum Gasteiger partial charge on any atom is -0.352 e. The van der Waals surface area contributed by atoms with Crippen molar-refractivity contribution in [2.75, 3.05) is 0 Å². The number of nitrogens with zero attached hydrogens (tertiary/aromatic N) is 2. The van der Waals surface area contributed by atoms with Gasteiger partial charge in [-0.3, -0.25) is 18.7 Å². The number of carbonyl (C=O) groups excluding carboxylic acids is 1. The molecule has 0 aliphatic heterocycles. The zero-order valence-electron chi connectivity index (χ0n) is 15.1. The molecule has 0 aliphatic rings. The van der Waals surface area contributed by atoms with Crippen LogP contribution in [0.5, 0.6) is 0 Å². The standard InChI is InChI=1S/C20H20FN3O3/c1-13(2)22-18(25)12-23-17-6-4-3-5-16(17)19(26)24(20(23)27)11-14-7-9-15(21)10-8-14/h3-10,13H,11-12H2,1-2H3,(H,22,25). The summed E-state index contributed by atoms with van der Waals surface area (Å²) in [4.78, 5) is 38.0. The van der Waals surface area contributed by atoms with Crippen molar-refractivity contribution >= 4 is 16.8 Å². The molecule has 0 unspecified atom stereocenters. The minimum atomic E-state index is -0.582. The third kappa shape index (κ3) is 3.97. The van der Waals surface area contributed by atoms with Gasteiger partial charge in [0.1, 0.15) is 12.4 Å². The highest BCUT2D eigenvalue weighted by Gasteiger charge is 2.15. The first kappa shape index (κ1) is 18.6. The molecular weight excluding hydrogens is 349 g/mol. The second kappa shape index (κ2) is 7.57. The predicted octanol–water partition coefficient (Wildman–Crippen LogP) is 1.88. The van der Waals surface area contributed by atoms with Crippen molar-refractivity contribution in [3.05, 3.63) is 80.7 Å². The largest absolute Gasteiger partial charge is 0.352 e. The second-order valence-electron chi connectivity index (χ2n) is 6.63. The van der Waals surface area contributed by atoms with Gasteiger partial charge in [-0.1, -0.05) is 24.3 Å². The molecule has 0 saturated heterocycles. The van der Waals surface area contributed by atoms with Crippen LogP contribution < -0.4 is 16.6 Å². The normalized spacial score (nSPS) is 11.1. The molecule has 2 aromatic carbocycles.